The summed E-state index contributed by atoms with van der Waals surface area (Å²) >= 11 is 0. The molecule has 0 radical (unpaired) electrons. The minimum absolute atomic E-state index is 0.0717. The molecule has 3 aromatic rings. The van der Waals surface area contributed by atoms with E-state index < -0.39 is 5.91 Å². The number of rotatable bonds is 4. The predicted molar refractivity (Wildman–Crippen MR) is 130 cm³/mol. The minimum Gasteiger partial charge on any atom is -0.356 e. The predicted octanol–water partition coefficient (Wildman–Crippen LogP) is 2.95. The van der Waals surface area contributed by atoms with E-state index in [0.29, 0.717) is 18.8 Å². The highest BCUT2D eigenvalue weighted by Gasteiger charge is 2.28. The van der Waals surface area contributed by atoms with Gasteiger partial charge in [0.05, 0.1) is 24.5 Å². The summed E-state index contributed by atoms with van der Waals surface area (Å²) in [5.74, 6) is -0.677. The Morgan fingerprint density at radius 2 is 1.76 bits per heavy atom. The smallest absolute Gasteiger partial charge is 0.272 e. The first-order valence-electron chi connectivity index (χ1n) is 11.9. The molecule has 8 heteroatoms. The first-order valence-corrected chi connectivity index (χ1v) is 11.9. The Kier molecular flexibility index (Phi) is 7.57. The second-order valence-electron chi connectivity index (χ2n) is 8.65. The van der Waals surface area contributed by atoms with Crippen LogP contribution in [0.2, 0.25) is 0 Å². The number of aromatic nitrogens is 2. The summed E-state index contributed by atoms with van der Waals surface area (Å²) < 4.78 is 1.66. The molecule has 8 nitrogen and oxygen atoms in total. The number of hydrogen-bond acceptors (Lipinski definition) is 4. The van der Waals surface area contributed by atoms with Crippen molar-refractivity contribution in [3.05, 3.63) is 65.9 Å². The number of para-hydroxylation sites is 1. The molecule has 2 heterocycles. The van der Waals surface area contributed by atoms with Gasteiger partial charge in [-0.05, 0) is 24.5 Å². The second-order valence-corrected chi connectivity index (χ2v) is 8.65. The van der Waals surface area contributed by atoms with Crippen LogP contribution >= 0.6 is 0 Å². The number of aryl methyl sites for hydroxylation is 1. The molecule has 0 bridgehead atoms. The van der Waals surface area contributed by atoms with Crippen LogP contribution in [0.4, 0.5) is 0 Å². The molecule has 0 spiro atoms. The van der Waals surface area contributed by atoms with E-state index in [9.17, 15) is 14.4 Å². The van der Waals surface area contributed by atoms with Gasteiger partial charge in [-0.3, -0.25) is 19.1 Å². The van der Waals surface area contributed by atoms with Crippen molar-refractivity contribution in [1.29, 1.82) is 0 Å². The lowest BCUT2D eigenvalue weighted by molar-refractivity contribution is -0.134. The molecule has 34 heavy (non-hydrogen) atoms. The van der Waals surface area contributed by atoms with Gasteiger partial charge in [0.25, 0.3) is 5.91 Å². The van der Waals surface area contributed by atoms with Crippen LogP contribution in [0.3, 0.4) is 0 Å². The molecule has 0 saturated carbocycles. The van der Waals surface area contributed by atoms with Gasteiger partial charge in [0.2, 0.25) is 11.8 Å². The average molecular weight is 462 g/mol. The molecule has 1 fully saturated rings. The highest BCUT2D eigenvalue weighted by molar-refractivity contribution is 6.05. The van der Waals surface area contributed by atoms with Gasteiger partial charge in [0, 0.05) is 25.5 Å². The zero-order valence-electron chi connectivity index (χ0n) is 19.5. The Morgan fingerprint density at radius 1 is 1.03 bits per heavy atom. The Bertz CT molecular complexity index is 1160. The number of hydrogen-bond donors (Lipinski definition) is 2. The summed E-state index contributed by atoms with van der Waals surface area (Å²) in [6, 6.07) is 16.7. The molecule has 4 rings (SSSR count). The summed E-state index contributed by atoms with van der Waals surface area (Å²) in [5, 5.41) is 10.8. The van der Waals surface area contributed by atoms with E-state index >= 15 is 0 Å². The third-order valence-electron chi connectivity index (χ3n) is 6.28. The molecule has 1 aromatic heterocycles. The van der Waals surface area contributed by atoms with E-state index in [1.54, 1.807) is 16.6 Å². The van der Waals surface area contributed by atoms with Gasteiger partial charge in [-0.25, -0.2) is 0 Å². The molecule has 3 amide bonds. The van der Waals surface area contributed by atoms with Crippen LogP contribution in [-0.2, 0) is 16.6 Å². The van der Waals surface area contributed by atoms with Crippen LogP contribution in [0, 0.1) is 0 Å². The third-order valence-corrected chi connectivity index (χ3v) is 6.28. The van der Waals surface area contributed by atoms with Crippen molar-refractivity contribution in [1.82, 2.24) is 25.3 Å². The van der Waals surface area contributed by atoms with Gasteiger partial charge in [-0.15, -0.1) is 0 Å². The molecule has 1 saturated heterocycles. The van der Waals surface area contributed by atoms with E-state index in [4.69, 9.17) is 0 Å². The number of amides is 3. The van der Waals surface area contributed by atoms with Crippen molar-refractivity contribution >= 4 is 28.6 Å². The molecule has 1 aliphatic rings. The van der Waals surface area contributed by atoms with Crippen LogP contribution in [0.15, 0.2) is 54.6 Å². The number of benzene rings is 2. The van der Waals surface area contributed by atoms with Gasteiger partial charge in [0.15, 0.2) is 5.69 Å². The number of nitrogens with one attached hydrogen (secondary N) is 2. The van der Waals surface area contributed by atoms with Crippen LogP contribution in [0.25, 0.3) is 10.9 Å². The van der Waals surface area contributed by atoms with Crippen LogP contribution in [0.5, 0.6) is 0 Å². The maximum absolute atomic E-state index is 13.4. The van der Waals surface area contributed by atoms with Gasteiger partial charge >= 0.3 is 0 Å². The fourth-order valence-corrected chi connectivity index (χ4v) is 4.50. The lowest BCUT2D eigenvalue weighted by Crippen LogP contribution is -2.44. The molecule has 1 atom stereocenters. The summed E-state index contributed by atoms with van der Waals surface area (Å²) in [7, 11) is 1.79. The van der Waals surface area contributed by atoms with Crippen LogP contribution in [0.1, 0.15) is 54.2 Å². The number of carbonyl (C=O) groups excluding carboxylic acids is 3. The Balaban J connectivity index is 1.53. The molecule has 1 aliphatic heterocycles. The Labute approximate surface area is 199 Å². The van der Waals surface area contributed by atoms with Crippen molar-refractivity contribution < 1.29 is 14.4 Å². The number of fused-ring (bicyclic) bond motifs is 1. The second kappa shape index (κ2) is 11.0. The molecule has 2 N–H and O–H groups in total. The molecule has 1 unspecified atom stereocenters. The summed E-state index contributed by atoms with van der Waals surface area (Å²) in [4.78, 5) is 40.7. The molecule has 2 aromatic carbocycles. The Hall–Kier alpha value is -3.68. The van der Waals surface area contributed by atoms with Crippen molar-refractivity contribution in [2.45, 2.75) is 38.1 Å². The summed E-state index contributed by atoms with van der Waals surface area (Å²) in [5.41, 5.74) is 2.05. The van der Waals surface area contributed by atoms with E-state index in [-0.39, 0.29) is 30.8 Å². The fraction of sp³-hybridized carbons (Fsp3) is 0.385. The monoisotopic (exact) mass is 461 g/mol. The summed E-state index contributed by atoms with van der Waals surface area (Å²) in [6.07, 6.45) is 3.95. The number of carbonyl (C=O) groups is 3. The Morgan fingerprint density at radius 3 is 2.59 bits per heavy atom. The first kappa shape index (κ1) is 23.5. The first-order chi connectivity index (χ1) is 16.5. The number of nitrogens with zero attached hydrogens (tertiary/aromatic N) is 3. The lowest BCUT2D eigenvalue weighted by Gasteiger charge is -2.32. The normalized spacial score (nSPS) is 17.6. The summed E-state index contributed by atoms with van der Waals surface area (Å²) in [6.45, 7) is 1.03. The van der Waals surface area contributed by atoms with Crippen molar-refractivity contribution in [3.63, 3.8) is 0 Å². The maximum atomic E-state index is 13.4. The zero-order valence-corrected chi connectivity index (χ0v) is 19.5. The minimum atomic E-state index is -0.392. The third kappa shape index (κ3) is 5.44. The van der Waals surface area contributed by atoms with Gasteiger partial charge in [-0.2, -0.15) is 5.10 Å². The van der Waals surface area contributed by atoms with E-state index in [0.717, 1.165) is 42.1 Å². The lowest BCUT2D eigenvalue weighted by atomic mass is 10.0. The zero-order chi connectivity index (χ0) is 23.9. The van der Waals surface area contributed by atoms with Crippen LogP contribution < -0.4 is 10.6 Å². The van der Waals surface area contributed by atoms with Gasteiger partial charge in [0.1, 0.15) is 0 Å². The van der Waals surface area contributed by atoms with Crippen LogP contribution in [-0.4, -0.2) is 52.0 Å². The van der Waals surface area contributed by atoms with E-state index in [1.807, 2.05) is 54.6 Å². The fourth-order valence-electron chi connectivity index (χ4n) is 4.50. The standard InChI is InChI=1S/C26H31N5O3/c1-30-21-14-8-7-13-20(21)25(29-30)26(34)28-18-24(33)31-16-10-3-2-9-15-27-23(32)17-22(31)19-11-5-4-6-12-19/h4-8,11-14,22H,2-3,9-10,15-18H2,1H3,(H,27,32)(H,28,34). The van der Waals surface area contributed by atoms with E-state index in [1.165, 1.54) is 0 Å². The molecular formula is C26H31N5O3. The van der Waals surface area contributed by atoms with Crippen molar-refractivity contribution in [3.8, 4) is 0 Å². The van der Waals surface area contributed by atoms with Crippen molar-refractivity contribution in [2.24, 2.45) is 7.05 Å². The molecular weight excluding hydrogens is 430 g/mol. The largest absolute Gasteiger partial charge is 0.356 e. The van der Waals surface area contributed by atoms with Crippen molar-refractivity contribution in [2.75, 3.05) is 19.6 Å². The van der Waals surface area contributed by atoms with Gasteiger partial charge < -0.3 is 15.5 Å². The van der Waals surface area contributed by atoms with Gasteiger partial charge in [-0.1, -0.05) is 61.4 Å². The SMILES string of the molecule is Cn1nc(C(=O)NCC(=O)N2CCCCCCNC(=O)CC2c2ccccc2)c2ccccc21. The highest BCUT2D eigenvalue weighted by atomic mass is 16.2. The van der Waals surface area contributed by atoms with E-state index in [2.05, 4.69) is 15.7 Å². The topological polar surface area (TPSA) is 96.3 Å². The highest BCUT2D eigenvalue weighted by Crippen LogP contribution is 2.26. The maximum Gasteiger partial charge on any atom is 0.272 e. The molecule has 178 valence electrons. The quantitative estimate of drug-likeness (QED) is 0.624. The average Bonchev–Trinajstić information content (AvgIpc) is 3.18. The molecule has 0 aliphatic carbocycles.